The highest BCUT2D eigenvalue weighted by atomic mass is 32.2. The summed E-state index contributed by atoms with van der Waals surface area (Å²) in [5, 5.41) is 6.60. The Bertz CT molecular complexity index is 894. The van der Waals surface area contributed by atoms with Crippen LogP contribution in [0.1, 0.15) is 19.3 Å². The zero-order valence-electron chi connectivity index (χ0n) is 15.8. The topological polar surface area (TPSA) is 88.5 Å². The van der Waals surface area contributed by atoms with Crippen LogP contribution in [0.2, 0.25) is 0 Å². The van der Waals surface area contributed by atoms with Crippen LogP contribution in [0, 0.1) is 0 Å². The number of ether oxygens (including phenoxy) is 1. The summed E-state index contributed by atoms with van der Waals surface area (Å²) in [5.41, 5.74) is 0.523. The predicted octanol–water partition coefficient (Wildman–Crippen LogP) is 2.05. The number of sulfonamides is 1. The Morgan fingerprint density at radius 3 is 2.79 bits per heavy atom. The molecule has 0 bridgehead atoms. The summed E-state index contributed by atoms with van der Waals surface area (Å²) < 4.78 is 34.5. The van der Waals surface area contributed by atoms with E-state index >= 15 is 0 Å². The quantitative estimate of drug-likeness (QED) is 0.496. The summed E-state index contributed by atoms with van der Waals surface area (Å²) in [5.74, 6) is 0.530. The van der Waals surface area contributed by atoms with Crippen molar-refractivity contribution in [3.8, 4) is 5.75 Å². The molecule has 0 atom stereocenters. The maximum Gasteiger partial charge on any atom is 0.243 e. The van der Waals surface area contributed by atoms with Crippen LogP contribution in [-0.4, -0.2) is 54.1 Å². The minimum Gasteiger partial charge on any atom is -0.495 e. The van der Waals surface area contributed by atoms with Gasteiger partial charge in [0.2, 0.25) is 10.0 Å². The third-order valence-electron chi connectivity index (χ3n) is 4.56. The van der Waals surface area contributed by atoms with Gasteiger partial charge in [0.25, 0.3) is 0 Å². The fourth-order valence-electron chi connectivity index (χ4n) is 3.07. The molecule has 0 amide bonds. The van der Waals surface area contributed by atoms with Crippen molar-refractivity contribution in [2.75, 3.05) is 32.1 Å². The summed E-state index contributed by atoms with van der Waals surface area (Å²) in [7, 11) is -1.96. The second-order valence-electron chi connectivity index (χ2n) is 6.51. The maximum atomic E-state index is 12.8. The smallest absolute Gasteiger partial charge is 0.243 e. The van der Waals surface area contributed by atoms with Gasteiger partial charge in [0.15, 0.2) is 5.11 Å². The lowest BCUT2D eigenvalue weighted by Gasteiger charge is -2.18. The second kappa shape index (κ2) is 9.35. The number of hydrogen-bond acceptors (Lipinski definition) is 5. The first-order valence-electron chi connectivity index (χ1n) is 9.19. The van der Waals surface area contributed by atoms with Crippen LogP contribution in [-0.2, 0) is 16.6 Å². The van der Waals surface area contributed by atoms with Gasteiger partial charge in [0, 0.05) is 38.6 Å². The van der Waals surface area contributed by atoms with Crippen molar-refractivity contribution in [2.45, 2.75) is 30.7 Å². The molecule has 0 radical (unpaired) electrons. The number of rotatable bonds is 8. The van der Waals surface area contributed by atoms with Crippen LogP contribution in [0.3, 0.4) is 0 Å². The second-order valence-corrected chi connectivity index (χ2v) is 8.85. The van der Waals surface area contributed by atoms with Crippen molar-refractivity contribution in [1.82, 2.24) is 19.2 Å². The Hall–Kier alpha value is -2.17. The fraction of sp³-hybridized carbons (Fsp3) is 0.444. The lowest BCUT2D eigenvalue weighted by Crippen LogP contribution is -2.30. The van der Waals surface area contributed by atoms with E-state index < -0.39 is 10.0 Å². The number of nitrogens with zero attached hydrogens (tertiary/aromatic N) is 3. The molecule has 28 heavy (non-hydrogen) atoms. The molecule has 1 aliphatic rings. The van der Waals surface area contributed by atoms with E-state index in [0.717, 1.165) is 25.8 Å². The van der Waals surface area contributed by atoms with Gasteiger partial charge in [-0.15, -0.1) is 0 Å². The maximum absolute atomic E-state index is 12.8. The fourth-order valence-corrected chi connectivity index (χ4v) is 4.83. The van der Waals surface area contributed by atoms with Crippen LogP contribution in [0.15, 0.2) is 41.8 Å². The van der Waals surface area contributed by atoms with Gasteiger partial charge in [0.05, 0.1) is 24.0 Å². The minimum absolute atomic E-state index is 0.237. The lowest BCUT2D eigenvalue weighted by molar-refractivity contribution is 0.416. The predicted molar refractivity (Wildman–Crippen MR) is 112 cm³/mol. The molecular weight excluding hydrogens is 398 g/mol. The number of methoxy groups -OCH3 is 1. The lowest BCUT2D eigenvalue weighted by atomic mass is 10.3. The Morgan fingerprint density at radius 1 is 1.32 bits per heavy atom. The van der Waals surface area contributed by atoms with Gasteiger partial charge >= 0.3 is 0 Å². The number of imidazole rings is 1. The molecule has 1 saturated heterocycles. The van der Waals surface area contributed by atoms with Gasteiger partial charge < -0.3 is 19.9 Å². The SMILES string of the molecule is COc1ccc(S(=O)(=O)N2CCCC2)cc1NC(=S)NCCCn1ccnc1. The summed E-state index contributed by atoms with van der Waals surface area (Å²) in [6.07, 6.45) is 8.09. The van der Waals surface area contributed by atoms with Crippen molar-refractivity contribution in [1.29, 1.82) is 0 Å². The summed E-state index contributed by atoms with van der Waals surface area (Å²) >= 11 is 5.34. The Kier molecular flexibility index (Phi) is 6.87. The molecule has 1 aromatic heterocycles. The summed E-state index contributed by atoms with van der Waals surface area (Å²) in [6, 6.07) is 4.79. The number of benzene rings is 1. The minimum atomic E-state index is -3.50. The highest BCUT2D eigenvalue weighted by molar-refractivity contribution is 7.89. The standard InChI is InChI=1S/C18H25N5O3S2/c1-26-17-6-5-15(28(24,25)23-10-2-3-11-23)13-16(17)21-18(27)20-7-4-9-22-12-8-19-14-22/h5-6,8,12-14H,2-4,7,9-11H2,1H3,(H2,20,21,27). The van der Waals surface area contributed by atoms with Crippen LogP contribution >= 0.6 is 12.2 Å². The normalized spacial score (nSPS) is 14.8. The number of hydrogen-bond donors (Lipinski definition) is 2. The first-order valence-corrected chi connectivity index (χ1v) is 11.0. The van der Waals surface area contributed by atoms with Gasteiger partial charge in [0.1, 0.15) is 5.75 Å². The molecule has 1 aliphatic heterocycles. The highest BCUT2D eigenvalue weighted by Gasteiger charge is 2.27. The average molecular weight is 424 g/mol. The number of aryl methyl sites for hydroxylation is 1. The molecule has 1 aromatic carbocycles. The van der Waals surface area contributed by atoms with Crippen molar-refractivity contribution < 1.29 is 13.2 Å². The molecule has 3 rings (SSSR count). The van der Waals surface area contributed by atoms with E-state index in [0.29, 0.717) is 36.2 Å². The number of aromatic nitrogens is 2. The average Bonchev–Trinajstić information content (AvgIpc) is 3.39. The third kappa shape index (κ3) is 5.00. The van der Waals surface area contributed by atoms with E-state index in [9.17, 15) is 8.42 Å². The van der Waals surface area contributed by atoms with Crippen LogP contribution < -0.4 is 15.4 Å². The van der Waals surface area contributed by atoms with Gasteiger partial charge in [-0.2, -0.15) is 4.31 Å². The number of nitrogens with one attached hydrogen (secondary N) is 2. The molecule has 10 heteroatoms. The number of thiocarbonyl (C=S) groups is 1. The van der Waals surface area contributed by atoms with E-state index in [-0.39, 0.29) is 4.90 Å². The Labute approximate surface area is 170 Å². The van der Waals surface area contributed by atoms with Gasteiger partial charge in [-0.05, 0) is 49.7 Å². The molecule has 2 heterocycles. The summed E-state index contributed by atoms with van der Waals surface area (Å²) in [6.45, 7) is 2.64. The van der Waals surface area contributed by atoms with Crippen molar-refractivity contribution >= 4 is 33.0 Å². The molecule has 2 aromatic rings. The first kappa shape index (κ1) is 20.6. The molecule has 1 fully saturated rings. The molecule has 0 aliphatic carbocycles. The molecule has 8 nitrogen and oxygen atoms in total. The van der Waals surface area contributed by atoms with E-state index in [4.69, 9.17) is 17.0 Å². The van der Waals surface area contributed by atoms with Crippen molar-refractivity contribution in [3.63, 3.8) is 0 Å². The van der Waals surface area contributed by atoms with E-state index in [1.807, 2.05) is 10.8 Å². The highest BCUT2D eigenvalue weighted by Crippen LogP contribution is 2.30. The van der Waals surface area contributed by atoms with Crippen molar-refractivity contribution in [2.24, 2.45) is 0 Å². The van der Waals surface area contributed by atoms with Crippen LogP contribution in [0.25, 0.3) is 0 Å². The Balaban J connectivity index is 1.62. The molecule has 0 spiro atoms. The van der Waals surface area contributed by atoms with Gasteiger partial charge in [-0.3, -0.25) is 0 Å². The zero-order valence-corrected chi connectivity index (χ0v) is 17.4. The van der Waals surface area contributed by atoms with E-state index in [1.165, 1.54) is 11.4 Å². The zero-order chi connectivity index (χ0) is 20.0. The van der Waals surface area contributed by atoms with E-state index in [2.05, 4.69) is 15.6 Å². The molecule has 152 valence electrons. The van der Waals surface area contributed by atoms with Crippen molar-refractivity contribution in [3.05, 3.63) is 36.9 Å². The monoisotopic (exact) mass is 423 g/mol. The Morgan fingerprint density at radius 2 is 2.11 bits per heavy atom. The largest absolute Gasteiger partial charge is 0.495 e. The summed E-state index contributed by atoms with van der Waals surface area (Å²) in [4.78, 5) is 4.24. The van der Waals surface area contributed by atoms with Crippen LogP contribution in [0.5, 0.6) is 5.75 Å². The first-order chi connectivity index (χ1) is 13.5. The molecular formula is C18H25N5O3S2. The number of anilines is 1. The van der Waals surface area contributed by atoms with Crippen LogP contribution in [0.4, 0.5) is 5.69 Å². The van der Waals surface area contributed by atoms with Gasteiger partial charge in [-0.1, -0.05) is 0 Å². The molecule has 0 saturated carbocycles. The molecule has 2 N–H and O–H groups in total. The van der Waals surface area contributed by atoms with Gasteiger partial charge in [-0.25, -0.2) is 13.4 Å². The molecule has 0 unspecified atom stereocenters. The third-order valence-corrected chi connectivity index (χ3v) is 6.70. The van der Waals surface area contributed by atoms with E-state index in [1.54, 1.807) is 30.7 Å².